The van der Waals surface area contributed by atoms with Crippen molar-refractivity contribution < 1.29 is 9.90 Å². The molecular formula is C14H20N2O2. The van der Waals surface area contributed by atoms with Gasteiger partial charge in [-0.25, -0.2) is 0 Å². The van der Waals surface area contributed by atoms with Crippen LogP contribution in [-0.4, -0.2) is 48.2 Å². The molecule has 0 aliphatic carbocycles. The third kappa shape index (κ3) is 2.82. The fourth-order valence-electron chi connectivity index (χ4n) is 2.58. The van der Waals surface area contributed by atoms with Gasteiger partial charge in [-0.05, 0) is 32.5 Å². The molecular weight excluding hydrogens is 228 g/mol. The zero-order chi connectivity index (χ0) is 13.1. The van der Waals surface area contributed by atoms with Gasteiger partial charge in [0.25, 0.3) is 0 Å². The van der Waals surface area contributed by atoms with Gasteiger partial charge in [0.1, 0.15) is 6.54 Å². The summed E-state index contributed by atoms with van der Waals surface area (Å²) in [4.78, 5) is 15.3. The average Bonchev–Trinajstić information content (AvgIpc) is 2.67. The number of hydrogen-bond donors (Lipinski definition) is 1. The van der Waals surface area contributed by atoms with Crippen LogP contribution in [0.15, 0.2) is 30.3 Å². The summed E-state index contributed by atoms with van der Waals surface area (Å²) in [6, 6.07) is 10.6. The van der Waals surface area contributed by atoms with E-state index in [0.717, 1.165) is 18.7 Å². The molecule has 1 aromatic carbocycles. The molecule has 1 aliphatic heterocycles. The lowest BCUT2D eigenvalue weighted by Gasteiger charge is -2.29. The first-order valence-corrected chi connectivity index (χ1v) is 6.31. The second kappa shape index (κ2) is 5.40. The van der Waals surface area contributed by atoms with Gasteiger partial charge in [0.2, 0.25) is 0 Å². The highest BCUT2D eigenvalue weighted by molar-refractivity contribution is 5.74. The van der Waals surface area contributed by atoms with Crippen molar-refractivity contribution in [2.75, 3.05) is 25.0 Å². The number of rotatable bonds is 4. The van der Waals surface area contributed by atoms with Gasteiger partial charge < -0.3 is 14.9 Å². The topological polar surface area (TPSA) is 43.8 Å². The molecule has 0 spiro atoms. The van der Waals surface area contributed by atoms with Gasteiger partial charge in [-0.15, -0.1) is 0 Å². The quantitative estimate of drug-likeness (QED) is 0.880. The number of aliphatic carboxylic acids is 1. The van der Waals surface area contributed by atoms with Gasteiger partial charge in [-0.1, -0.05) is 18.2 Å². The third-order valence-electron chi connectivity index (χ3n) is 3.70. The van der Waals surface area contributed by atoms with E-state index >= 15 is 0 Å². The largest absolute Gasteiger partial charge is 0.480 e. The smallest absolute Gasteiger partial charge is 0.323 e. The molecule has 1 heterocycles. The van der Waals surface area contributed by atoms with Crippen molar-refractivity contribution in [2.24, 2.45) is 0 Å². The van der Waals surface area contributed by atoms with E-state index in [2.05, 4.69) is 18.9 Å². The van der Waals surface area contributed by atoms with Crippen LogP contribution in [-0.2, 0) is 4.79 Å². The SMILES string of the molecule is CC1CC(N(CC(=O)O)c2ccccc2)CN1C. The molecule has 98 valence electrons. The van der Waals surface area contributed by atoms with Crippen LogP contribution < -0.4 is 4.90 Å². The second-order valence-corrected chi connectivity index (χ2v) is 5.04. The Labute approximate surface area is 108 Å². The summed E-state index contributed by atoms with van der Waals surface area (Å²) in [7, 11) is 2.09. The monoisotopic (exact) mass is 248 g/mol. The summed E-state index contributed by atoms with van der Waals surface area (Å²) >= 11 is 0. The van der Waals surface area contributed by atoms with E-state index in [1.807, 2.05) is 35.2 Å². The number of para-hydroxylation sites is 1. The third-order valence-corrected chi connectivity index (χ3v) is 3.70. The number of nitrogens with zero attached hydrogens (tertiary/aromatic N) is 2. The fourth-order valence-corrected chi connectivity index (χ4v) is 2.58. The summed E-state index contributed by atoms with van der Waals surface area (Å²) in [5, 5.41) is 9.08. The normalized spacial score (nSPS) is 24.1. The Kier molecular flexibility index (Phi) is 3.87. The molecule has 2 rings (SSSR count). The van der Waals surface area contributed by atoms with Gasteiger partial charge in [0, 0.05) is 24.3 Å². The molecule has 4 nitrogen and oxygen atoms in total. The highest BCUT2D eigenvalue weighted by atomic mass is 16.4. The Balaban J connectivity index is 2.18. The molecule has 2 atom stereocenters. The Morgan fingerprint density at radius 1 is 1.44 bits per heavy atom. The maximum Gasteiger partial charge on any atom is 0.323 e. The molecule has 4 heteroatoms. The summed E-state index contributed by atoms with van der Waals surface area (Å²) in [5.74, 6) is -0.777. The van der Waals surface area contributed by atoms with Crippen LogP contribution in [0.4, 0.5) is 5.69 Å². The Morgan fingerprint density at radius 3 is 2.61 bits per heavy atom. The summed E-state index contributed by atoms with van der Waals surface area (Å²) in [6.07, 6.45) is 1.01. The molecule has 0 radical (unpaired) electrons. The van der Waals surface area contributed by atoms with E-state index in [9.17, 15) is 4.79 Å². The van der Waals surface area contributed by atoms with Crippen LogP contribution in [0.2, 0.25) is 0 Å². The maximum absolute atomic E-state index is 11.0. The molecule has 0 bridgehead atoms. The van der Waals surface area contributed by atoms with Crippen molar-refractivity contribution in [3.8, 4) is 0 Å². The number of benzene rings is 1. The van der Waals surface area contributed by atoms with E-state index in [0.29, 0.717) is 6.04 Å². The first-order valence-electron chi connectivity index (χ1n) is 6.31. The van der Waals surface area contributed by atoms with Crippen LogP contribution in [0.1, 0.15) is 13.3 Å². The standard InChI is InChI=1S/C14H20N2O2/c1-11-8-13(9-15(11)2)16(10-14(17)18)12-6-4-3-5-7-12/h3-7,11,13H,8-10H2,1-2H3,(H,17,18). The van der Waals surface area contributed by atoms with E-state index in [-0.39, 0.29) is 12.6 Å². The van der Waals surface area contributed by atoms with Gasteiger partial charge in [0.05, 0.1) is 0 Å². The zero-order valence-electron chi connectivity index (χ0n) is 10.9. The van der Waals surface area contributed by atoms with Crippen molar-refractivity contribution >= 4 is 11.7 Å². The molecule has 1 fully saturated rings. The lowest BCUT2D eigenvalue weighted by atomic mass is 10.1. The first kappa shape index (κ1) is 12.9. The Bertz CT molecular complexity index is 398. The highest BCUT2D eigenvalue weighted by Gasteiger charge is 2.31. The van der Waals surface area contributed by atoms with E-state index in [4.69, 9.17) is 5.11 Å². The van der Waals surface area contributed by atoms with E-state index in [1.54, 1.807) is 0 Å². The van der Waals surface area contributed by atoms with E-state index < -0.39 is 5.97 Å². The zero-order valence-corrected chi connectivity index (χ0v) is 10.9. The average molecular weight is 248 g/mol. The van der Waals surface area contributed by atoms with Crippen molar-refractivity contribution in [2.45, 2.75) is 25.4 Å². The Morgan fingerprint density at radius 2 is 2.11 bits per heavy atom. The van der Waals surface area contributed by atoms with Crippen molar-refractivity contribution in [3.05, 3.63) is 30.3 Å². The molecule has 18 heavy (non-hydrogen) atoms. The van der Waals surface area contributed by atoms with Crippen molar-refractivity contribution in [1.82, 2.24) is 4.90 Å². The van der Waals surface area contributed by atoms with Gasteiger partial charge in [-0.3, -0.25) is 4.79 Å². The number of likely N-dealkylation sites (tertiary alicyclic amines) is 1. The molecule has 2 unspecified atom stereocenters. The predicted molar refractivity (Wildman–Crippen MR) is 71.9 cm³/mol. The molecule has 1 aromatic rings. The molecule has 0 saturated carbocycles. The minimum absolute atomic E-state index is 0.0647. The number of likely N-dealkylation sites (N-methyl/N-ethyl adjacent to an activating group) is 1. The van der Waals surface area contributed by atoms with Crippen LogP contribution in [0.25, 0.3) is 0 Å². The molecule has 1 N–H and O–H groups in total. The van der Waals surface area contributed by atoms with Crippen molar-refractivity contribution in [3.63, 3.8) is 0 Å². The summed E-state index contributed by atoms with van der Waals surface area (Å²) in [6.45, 7) is 3.17. The minimum Gasteiger partial charge on any atom is -0.480 e. The molecule has 1 aliphatic rings. The lowest BCUT2D eigenvalue weighted by Crippen LogP contribution is -2.40. The lowest BCUT2D eigenvalue weighted by molar-refractivity contribution is -0.135. The fraction of sp³-hybridized carbons (Fsp3) is 0.500. The first-order chi connectivity index (χ1) is 8.58. The van der Waals surface area contributed by atoms with Crippen LogP contribution in [0.5, 0.6) is 0 Å². The van der Waals surface area contributed by atoms with Gasteiger partial charge in [-0.2, -0.15) is 0 Å². The second-order valence-electron chi connectivity index (χ2n) is 5.04. The molecule has 0 amide bonds. The van der Waals surface area contributed by atoms with Crippen LogP contribution in [0.3, 0.4) is 0 Å². The van der Waals surface area contributed by atoms with Crippen molar-refractivity contribution in [1.29, 1.82) is 0 Å². The number of hydrogen-bond acceptors (Lipinski definition) is 3. The highest BCUT2D eigenvalue weighted by Crippen LogP contribution is 2.25. The van der Waals surface area contributed by atoms with Gasteiger partial charge in [0.15, 0.2) is 0 Å². The minimum atomic E-state index is -0.777. The molecule has 1 saturated heterocycles. The Hall–Kier alpha value is -1.55. The number of anilines is 1. The summed E-state index contributed by atoms with van der Waals surface area (Å²) in [5.41, 5.74) is 0.993. The summed E-state index contributed by atoms with van der Waals surface area (Å²) < 4.78 is 0. The van der Waals surface area contributed by atoms with Crippen LogP contribution >= 0.6 is 0 Å². The number of carbonyl (C=O) groups is 1. The van der Waals surface area contributed by atoms with Crippen LogP contribution in [0, 0.1) is 0 Å². The number of carboxylic acids is 1. The maximum atomic E-state index is 11.0. The van der Waals surface area contributed by atoms with E-state index in [1.165, 1.54) is 0 Å². The van der Waals surface area contributed by atoms with Gasteiger partial charge >= 0.3 is 5.97 Å². The molecule has 0 aromatic heterocycles. The number of carboxylic acid groups (broad SMARTS) is 1. The predicted octanol–water partition coefficient (Wildman–Crippen LogP) is 1.67.